The summed E-state index contributed by atoms with van der Waals surface area (Å²) in [5, 5.41) is 0. The number of aryl methyl sites for hydroxylation is 1. The van der Waals surface area contributed by atoms with Gasteiger partial charge in [0.25, 0.3) is 0 Å². The van der Waals surface area contributed by atoms with E-state index in [9.17, 15) is 0 Å². The average molecular weight is 164 g/mol. The second-order valence-corrected chi connectivity index (χ2v) is 3.52. The predicted octanol–water partition coefficient (Wildman–Crippen LogP) is 1.97. The van der Waals surface area contributed by atoms with Crippen molar-refractivity contribution in [2.45, 2.75) is 39.5 Å². The SMILES string of the molecule is CCCC(C)c1nbn(C)c1C. The van der Waals surface area contributed by atoms with Crippen molar-refractivity contribution in [1.82, 2.24) is 9.37 Å². The Morgan fingerprint density at radius 1 is 1.58 bits per heavy atom. The molecule has 0 radical (unpaired) electrons. The molecule has 0 bridgehead atoms. The Hall–Kier alpha value is -0.595. The van der Waals surface area contributed by atoms with E-state index < -0.39 is 0 Å². The summed E-state index contributed by atoms with van der Waals surface area (Å²) < 4.78 is 2.08. The zero-order chi connectivity index (χ0) is 9.14. The van der Waals surface area contributed by atoms with Gasteiger partial charge in [0.15, 0.2) is 0 Å². The standard InChI is InChI=1S/C9H17BN2/c1-5-6-7(2)9-8(3)12(4)10-11-9/h7H,5-6H2,1-4H3. The van der Waals surface area contributed by atoms with Crippen LogP contribution in [0.3, 0.4) is 0 Å². The molecular formula is C9H17BN2. The zero-order valence-corrected chi connectivity index (χ0v) is 8.46. The summed E-state index contributed by atoms with van der Waals surface area (Å²) in [6, 6.07) is 0. The molecule has 0 amide bonds. The van der Waals surface area contributed by atoms with Crippen LogP contribution < -0.4 is 0 Å². The van der Waals surface area contributed by atoms with Gasteiger partial charge in [-0.15, -0.1) is 0 Å². The second-order valence-electron chi connectivity index (χ2n) is 3.52. The molecule has 0 aliphatic rings. The minimum absolute atomic E-state index is 0.608. The number of rotatable bonds is 3. The van der Waals surface area contributed by atoms with Gasteiger partial charge in [-0.2, -0.15) is 0 Å². The fourth-order valence-electron chi connectivity index (χ4n) is 1.56. The molecule has 0 spiro atoms. The average Bonchev–Trinajstić information content (AvgIpc) is 2.34. The molecule has 1 aromatic rings. The van der Waals surface area contributed by atoms with Gasteiger partial charge in [0.1, 0.15) is 0 Å². The third-order valence-electron chi connectivity index (χ3n) is 2.46. The summed E-state index contributed by atoms with van der Waals surface area (Å²) in [6.07, 6.45) is 2.47. The molecule has 1 rings (SSSR count). The van der Waals surface area contributed by atoms with Crippen LogP contribution in [-0.2, 0) is 7.05 Å². The van der Waals surface area contributed by atoms with Crippen LogP contribution in [0, 0.1) is 6.92 Å². The van der Waals surface area contributed by atoms with E-state index in [0.29, 0.717) is 5.92 Å². The fraction of sp³-hybridized carbons (Fsp3) is 0.778. The first kappa shape index (κ1) is 9.49. The van der Waals surface area contributed by atoms with Crippen molar-refractivity contribution < 1.29 is 0 Å². The van der Waals surface area contributed by atoms with Gasteiger partial charge in [0, 0.05) is 0 Å². The topological polar surface area (TPSA) is 17.8 Å². The summed E-state index contributed by atoms with van der Waals surface area (Å²) >= 11 is 0. The minimum atomic E-state index is 0.608. The van der Waals surface area contributed by atoms with Gasteiger partial charge < -0.3 is 0 Å². The van der Waals surface area contributed by atoms with E-state index in [2.05, 4.69) is 30.1 Å². The van der Waals surface area contributed by atoms with Gasteiger partial charge >= 0.3 is 74.5 Å². The molecule has 0 aliphatic carbocycles. The first-order valence-electron chi connectivity index (χ1n) is 4.64. The number of hydrogen-bond acceptors (Lipinski definition) is 1. The molecule has 1 atom stereocenters. The zero-order valence-electron chi connectivity index (χ0n) is 8.46. The molecule has 1 heterocycles. The summed E-state index contributed by atoms with van der Waals surface area (Å²) in [5.74, 6) is 0.608. The molecule has 66 valence electrons. The normalized spacial score (nSPS) is 13.0. The number of hydrogen-bond donors (Lipinski definition) is 0. The van der Waals surface area contributed by atoms with E-state index in [1.807, 2.05) is 14.2 Å². The van der Waals surface area contributed by atoms with Gasteiger partial charge in [-0.25, -0.2) is 0 Å². The van der Waals surface area contributed by atoms with Gasteiger partial charge in [-0.05, 0) is 0 Å². The van der Waals surface area contributed by atoms with Crippen LogP contribution in [0.15, 0.2) is 0 Å². The molecule has 1 unspecified atom stereocenters. The van der Waals surface area contributed by atoms with Gasteiger partial charge in [0.2, 0.25) is 0 Å². The summed E-state index contributed by atoms with van der Waals surface area (Å²) in [6.45, 7) is 6.60. The molecule has 2 nitrogen and oxygen atoms in total. The summed E-state index contributed by atoms with van der Waals surface area (Å²) in [5.41, 5.74) is 2.57. The third kappa shape index (κ3) is 1.76. The Balaban J connectivity index is 2.80. The van der Waals surface area contributed by atoms with Crippen LogP contribution in [0.2, 0.25) is 0 Å². The van der Waals surface area contributed by atoms with Crippen molar-refractivity contribution in [3.8, 4) is 0 Å². The van der Waals surface area contributed by atoms with Gasteiger partial charge in [-0.3, -0.25) is 0 Å². The van der Waals surface area contributed by atoms with E-state index in [-0.39, 0.29) is 0 Å². The molecule has 12 heavy (non-hydrogen) atoms. The second kappa shape index (κ2) is 3.88. The van der Waals surface area contributed by atoms with Crippen LogP contribution in [0.25, 0.3) is 0 Å². The van der Waals surface area contributed by atoms with E-state index in [4.69, 9.17) is 0 Å². The van der Waals surface area contributed by atoms with E-state index in [0.717, 1.165) is 0 Å². The van der Waals surface area contributed by atoms with Crippen molar-refractivity contribution in [3.63, 3.8) is 0 Å². The molecule has 0 fully saturated rings. The Morgan fingerprint density at radius 3 is 2.67 bits per heavy atom. The van der Waals surface area contributed by atoms with Gasteiger partial charge in [0.05, 0.1) is 0 Å². The quantitative estimate of drug-likeness (QED) is 0.667. The van der Waals surface area contributed by atoms with Crippen molar-refractivity contribution in [2.24, 2.45) is 7.05 Å². The Morgan fingerprint density at radius 2 is 2.25 bits per heavy atom. The monoisotopic (exact) mass is 164 g/mol. The van der Waals surface area contributed by atoms with Crippen molar-refractivity contribution in [3.05, 3.63) is 11.4 Å². The van der Waals surface area contributed by atoms with Crippen LogP contribution in [0.1, 0.15) is 44.0 Å². The maximum atomic E-state index is 4.40. The van der Waals surface area contributed by atoms with E-state index >= 15 is 0 Å². The van der Waals surface area contributed by atoms with Crippen LogP contribution in [-0.4, -0.2) is 16.6 Å². The van der Waals surface area contributed by atoms with Crippen LogP contribution in [0.5, 0.6) is 0 Å². The van der Waals surface area contributed by atoms with Crippen molar-refractivity contribution >= 4 is 7.19 Å². The van der Waals surface area contributed by atoms with E-state index in [1.54, 1.807) is 0 Å². The Bertz CT molecular complexity index is 255. The summed E-state index contributed by atoms with van der Waals surface area (Å²) in [7, 11) is 3.95. The number of aromatic nitrogens is 2. The molecular weight excluding hydrogens is 147 g/mol. The molecule has 0 N–H and O–H groups in total. The van der Waals surface area contributed by atoms with Crippen molar-refractivity contribution in [2.75, 3.05) is 0 Å². The van der Waals surface area contributed by atoms with Crippen LogP contribution >= 0.6 is 0 Å². The predicted molar refractivity (Wildman–Crippen MR) is 52.6 cm³/mol. The number of nitrogens with zero attached hydrogens (tertiary/aromatic N) is 2. The summed E-state index contributed by atoms with van der Waals surface area (Å²) in [4.78, 5) is 4.40. The van der Waals surface area contributed by atoms with Crippen molar-refractivity contribution in [1.29, 1.82) is 0 Å². The van der Waals surface area contributed by atoms with Gasteiger partial charge in [-0.1, -0.05) is 0 Å². The molecule has 1 aromatic heterocycles. The molecule has 0 saturated carbocycles. The Kier molecular flexibility index (Phi) is 3.07. The Labute approximate surface area is 75.3 Å². The molecule has 0 aliphatic heterocycles. The maximum absolute atomic E-state index is 4.40. The fourth-order valence-corrected chi connectivity index (χ4v) is 1.56. The molecule has 3 heteroatoms. The molecule has 0 saturated heterocycles. The first-order chi connectivity index (χ1) is 5.66. The van der Waals surface area contributed by atoms with Crippen LogP contribution in [0.4, 0.5) is 0 Å². The third-order valence-corrected chi connectivity index (χ3v) is 2.46. The first-order valence-corrected chi connectivity index (χ1v) is 4.64. The van der Waals surface area contributed by atoms with E-state index in [1.165, 1.54) is 24.2 Å². The molecule has 0 aromatic carbocycles.